The Balaban J connectivity index is 2.53. The summed E-state index contributed by atoms with van der Waals surface area (Å²) in [7, 11) is 2.36. The van der Waals surface area contributed by atoms with Gasteiger partial charge in [0.25, 0.3) is 0 Å². The van der Waals surface area contributed by atoms with E-state index in [1.165, 1.54) is 5.30 Å². The van der Waals surface area contributed by atoms with E-state index in [0.717, 1.165) is 36.0 Å². The molecule has 2 nitrogen and oxygen atoms in total. The highest BCUT2D eigenvalue weighted by Crippen LogP contribution is 2.51. The van der Waals surface area contributed by atoms with Crippen LogP contribution in [0.5, 0.6) is 5.75 Å². The molecule has 0 saturated heterocycles. The third kappa shape index (κ3) is 4.59. The maximum Gasteiger partial charge on any atom is 0.123 e. The van der Waals surface area contributed by atoms with Crippen LogP contribution in [0.2, 0.25) is 0 Å². The largest absolute Gasteiger partial charge is 0.508 e. The fraction of sp³-hybridized carbons (Fsp3) is 0.429. The van der Waals surface area contributed by atoms with Gasteiger partial charge in [-0.1, -0.05) is 52.6 Å². The molecule has 0 fully saturated rings. The van der Waals surface area contributed by atoms with Crippen molar-refractivity contribution in [3.05, 3.63) is 58.9 Å². The molecule has 0 aliphatic heterocycles. The summed E-state index contributed by atoms with van der Waals surface area (Å²) in [5.41, 5.74) is 3.18. The minimum Gasteiger partial charge on any atom is -0.508 e. The molecule has 0 aliphatic rings. The highest BCUT2D eigenvalue weighted by molar-refractivity contribution is 7.48. The molecule has 2 N–H and O–H groups in total. The van der Waals surface area contributed by atoms with Crippen molar-refractivity contribution in [2.75, 3.05) is 7.05 Å². The first-order valence-corrected chi connectivity index (χ1v) is 9.97. The standard InChI is InChI=1S/C21H29FNOP/c1-5-11-21(6-2,18-12-15(3)7-9-19(18)24)25-20-10-8-17(22)13-16(20)14-23-4/h7-10,12-13,23-25H,5-6,11,14H2,1-4H3. The Hall–Kier alpha value is -1.44. The molecule has 0 spiro atoms. The first-order valence-electron chi connectivity index (χ1n) is 8.97. The molecule has 0 amide bonds. The third-order valence-electron chi connectivity index (χ3n) is 4.76. The number of nitrogens with one attached hydrogen (secondary N) is 1. The number of halogens is 1. The number of rotatable bonds is 8. The van der Waals surface area contributed by atoms with Gasteiger partial charge in [0.15, 0.2) is 0 Å². The SMILES string of the molecule is CCCC(CC)(Pc1ccc(F)cc1CNC)c1cc(C)ccc1O. The van der Waals surface area contributed by atoms with Crippen LogP contribution < -0.4 is 10.6 Å². The molecule has 4 heteroatoms. The number of aryl methyl sites for hydroxylation is 1. The maximum absolute atomic E-state index is 13.7. The van der Waals surface area contributed by atoms with E-state index in [1.807, 2.05) is 19.2 Å². The van der Waals surface area contributed by atoms with Crippen molar-refractivity contribution in [2.24, 2.45) is 0 Å². The molecule has 0 radical (unpaired) electrons. The monoisotopic (exact) mass is 361 g/mol. The van der Waals surface area contributed by atoms with E-state index >= 15 is 0 Å². The Morgan fingerprint density at radius 3 is 2.56 bits per heavy atom. The Morgan fingerprint density at radius 1 is 1.16 bits per heavy atom. The van der Waals surface area contributed by atoms with E-state index in [1.54, 1.807) is 18.2 Å². The van der Waals surface area contributed by atoms with E-state index in [-0.39, 0.29) is 11.0 Å². The topological polar surface area (TPSA) is 32.3 Å². The second kappa shape index (κ2) is 8.78. The molecule has 0 bridgehead atoms. The summed E-state index contributed by atoms with van der Waals surface area (Å²) >= 11 is 0. The molecular formula is C21H29FNOP. The van der Waals surface area contributed by atoms with Crippen LogP contribution in [0, 0.1) is 12.7 Å². The van der Waals surface area contributed by atoms with Gasteiger partial charge in [-0.25, -0.2) is 4.39 Å². The minimum absolute atomic E-state index is 0.120. The zero-order valence-electron chi connectivity index (χ0n) is 15.6. The van der Waals surface area contributed by atoms with Crippen LogP contribution in [-0.2, 0) is 11.7 Å². The lowest BCUT2D eigenvalue weighted by Crippen LogP contribution is -2.25. The van der Waals surface area contributed by atoms with Gasteiger partial charge in [-0.2, -0.15) is 0 Å². The number of phenols is 1. The van der Waals surface area contributed by atoms with Gasteiger partial charge in [-0.15, -0.1) is 0 Å². The van der Waals surface area contributed by atoms with E-state index < -0.39 is 0 Å². The average molecular weight is 361 g/mol. The molecule has 0 aliphatic carbocycles. The van der Waals surface area contributed by atoms with E-state index in [9.17, 15) is 9.50 Å². The average Bonchev–Trinajstić information content (AvgIpc) is 2.59. The van der Waals surface area contributed by atoms with Gasteiger partial charge in [0, 0.05) is 17.3 Å². The van der Waals surface area contributed by atoms with Crippen LogP contribution in [0.4, 0.5) is 4.39 Å². The first-order chi connectivity index (χ1) is 12.0. The molecule has 2 rings (SSSR count). The predicted octanol–water partition coefficient (Wildman–Crippen LogP) is 4.97. The summed E-state index contributed by atoms with van der Waals surface area (Å²) in [5.74, 6) is 0.167. The highest BCUT2D eigenvalue weighted by atomic mass is 31.1. The lowest BCUT2D eigenvalue weighted by Gasteiger charge is -2.35. The summed E-state index contributed by atoms with van der Waals surface area (Å²) in [4.78, 5) is 0. The molecule has 136 valence electrons. The number of benzene rings is 2. The smallest absolute Gasteiger partial charge is 0.123 e. The lowest BCUT2D eigenvalue weighted by molar-refractivity contribution is 0.442. The molecule has 2 aromatic rings. The van der Waals surface area contributed by atoms with Gasteiger partial charge < -0.3 is 10.4 Å². The zero-order valence-corrected chi connectivity index (χ0v) is 16.6. The van der Waals surface area contributed by atoms with Crippen molar-refractivity contribution in [2.45, 2.75) is 51.7 Å². The maximum atomic E-state index is 13.7. The Bertz CT molecular complexity index is 719. The van der Waals surface area contributed by atoms with Crippen LogP contribution in [0.3, 0.4) is 0 Å². The number of hydrogen-bond acceptors (Lipinski definition) is 2. The minimum atomic E-state index is -0.199. The van der Waals surface area contributed by atoms with Crippen LogP contribution in [-0.4, -0.2) is 12.2 Å². The molecule has 2 unspecified atom stereocenters. The van der Waals surface area contributed by atoms with Crippen LogP contribution in [0.15, 0.2) is 36.4 Å². The van der Waals surface area contributed by atoms with Crippen LogP contribution in [0.1, 0.15) is 49.8 Å². The number of phenolic OH excluding ortho intramolecular Hbond substituents is 1. The van der Waals surface area contributed by atoms with Gasteiger partial charge in [0.05, 0.1) is 0 Å². The summed E-state index contributed by atoms with van der Waals surface area (Å²) in [6, 6.07) is 10.9. The van der Waals surface area contributed by atoms with E-state index in [2.05, 4.69) is 32.2 Å². The van der Waals surface area contributed by atoms with Crippen molar-refractivity contribution in [3.8, 4) is 5.75 Å². The molecule has 25 heavy (non-hydrogen) atoms. The Kier molecular flexibility index (Phi) is 6.98. The van der Waals surface area contributed by atoms with Crippen molar-refractivity contribution in [1.29, 1.82) is 0 Å². The molecular weight excluding hydrogens is 332 g/mol. The van der Waals surface area contributed by atoms with E-state index in [4.69, 9.17) is 0 Å². The zero-order chi connectivity index (χ0) is 18.4. The normalized spacial score (nSPS) is 14.1. The van der Waals surface area contributed by atoms with Crippen LogP contribution >= 0.6 is 8.58 Å². The van der Waals surface area contributed by atoms with Crippen molar-refractivity contribution in [1.82, 2.24) is 5.32 Å². The number of aromatic hydroxyl groups is 1. The molecule has 2 atom stereocenters. The lowest BCUT2D eigenvalue weighted by atomic mass is 9.89. The summed E-state index contributed by atoms with van der Waals surface area (Å²) < 4.78 is 13.7. The Morgan fingerprint density at radius 2 is 1.92 bits per heavy atom. The van der Waals surface area contributed by atoms with E-state index in [0.29, 0.717) is 20.9 Å². The summed E-state index contributed by atoms with van der Waals surface area (Å²) in [5, 5.41) is 14.7. The first kappa shape index (κ1) is 19.9. The second-order valence-corrected chi connectivity index (χ2v) is 8.41. The van der Waals surface area contributed by atoms with Crippen molar-refractivity contribution >= 4 is 13.9 Å². The summed E-state index contributed by atoms with van der Waals surface area (Å²) in [6.45, 7) is 7.07. The second-order valence-electron chi connectivity index (χ2n) is 6.66. The van der Waals surface area contributed by atoms with Gasteiger partial charge >= 0.3 is 0 Å². The predicted molar refractivity (Wildman–Crippen MR) is 107 cm³/mol. The fourth-order valence-corrected chi connectivity index (χ4v) is 5.35. The highest BCUT2D eigenvalue weighted by Gasteiger charge is 2.33. The van der Waals surface area contributed by atoms with Gasteiger partial charge in [-0.3, -0.25) is 0 Å². The molecule has 0 saturated carbocycles. The third-order valence-corrected chi connectivity index (χ3v) is 6.86. The molecule has 2 aromatic carbocycles. The van der Waals surface area contributed by atoms with Crippen LogP contribution in [0.25, 0.3) is 0 Å². The van der Waals surface area contributed by atoms with Gasteiger partial charge in [0.2, 0.25) is 0 Å². The van der Waals surface area contributed by atoms with Gasteiger partial charge in [-0.05, 0) is 55.9 Å². The number of hydrogen-bond donors (Lipinski definition) is 2. The Labute approximate surface area is 152 Å². The van der Waals surface area contributed by atoms with Crippen molar-refractivity contribution < 1.29 is 9.50 Å². The molecule has 0 aromatic heterocycles. The fourth-order valence-electron chi connectivity index (χ4n) is 3.46. The summed E-state index contributed by atoms with van der Waals surface area (Å²) in [6.07, 6.45) is 2.97. The quantitative estimate of drug-likeness (QED) is 0.651. The van der Waals surface area contributed by atoms with Crippen molar-refractivity contribution in [3.63, 3.8) is 0 Å². The van der Waals surface area contributed by atoms with Gasteiger partial charge in [0.1, 0.15) is 11.6 Å². The molecule has 0 heterocycles.